The minimum atomic E-state index is -0.543. The molecular weight excluding hydrogens is 404 g/mol. The van der Waals surface area contributed by atoms with E-state index in [1.165, 1.54) is 19.2 Å². The lowest BCUT2D eigenvalue weighted by Gasteiger charge is -2.09. The molecule has 2 amide bonds. The van der Waals surface area contributed by atoms with Crippen LogP contribution in [0.5, 0.6) is 0 Å². The van der Waals surface area contributed by atoms with Gasteiger partial charge < -0.3 is 15.4 Å². The van der Waals surface area contributed by atoms with Crippen LogP contribution in [0, 0.1) is 6.92 Å². The number of hydrogen-bond donors (Lipinski definition) is 2. The van der Waals surface area contributed by atoms with Gasteiger partial charge >= 0.3 is 0 Å². The summed E-state index contributed by atoms with van der Waals surface area (Å²) in [5.41, 5.74) is 1.33. The molecule has 0 fully saturated rings. The van der Waals surface area contributed by atoms with Crippen molar-refractivity contribution >= 4 is 33.4 Å². The fourth-order valence-electron chi connectivity index (χ4n) is 2.09. The van der Waals surface area contributed by atoms with E-state index in [4.69, 9.17) is 4.74 Å². The number of aryl methyl sites for hydroxylation is 1. The van der Waals surface area contributed by atoms with Crippen molar-refractivity contribution in [3.63, 3.8) is 0 Å². The highest BCUT2D eigenvalue weighted by molar-refractivity contribution is 9.10. The number of carbonyl (C=O) groups is 2. The van der Waals surface area contributed by atoms with Crippen molar-refractivity contribution in [3.8, 4) is 0 Å². The van der Waals surface area contributed by atoms with E-state index in [0.29, 0.717) is 12.3 Å². The predicted molar refractivity (Wildman–Crippen MR) is 100 cm³/mol. The van der Waals surface area contributed by atoms with E-state index in [2.05, 4.69) is 31.7 Å². The second-order valence-electron chi connectivity index (χ2n) is 5.47. The van der Waals surface area contributed by atoms with Crippen LogP contribution in [-0.2, 0) is 16.1 Å². The van der Waals surface area contributed by atoms with Gasteiger partial charge in [-0.25, -0.2) is 4.68 Å². The Hall–Kier alpha value is -2.52. The third kappa shape index (κ3) is 5.50. The summed E-state index contributed by atoms with van der Waals surface area (Å²) in [5.74, 6) is -0.911. The summed E-state index contributed by atoms with van der Waals surface area (Å²) in [6, 6.07) is 7.97. The number of methoxy groups -OCH3 is 1. The zero-order valence-electron chi connectivity index (χ0n) is 14.4. The van der Waals surface area contributed by atoms with Crippen molar-refractivity contribution in [2.75, 3.05) is 25.6 Å². The molecular formula is C17H19BrN4O4. The van der Waals surface area contributed by atoms with E-state index in [1.807, 2.05) is 19.1 Å². The maximum atomic E-state index is 12.1. The Kier molecular flexibility index (Phi) is 7.05. The summed E-state index contributed by atoms with van der Waals surface area (Å²) in [5, 5.41) is 9.15. The Morgan fingerprint density at radius 1 is 1.27 bits per heavy atom. The summed E-state index contributed by atoms with van der Waals surface area (Å²) in [6.45, 7) is 2.23. The highest BCUT2D eigenvalue weighted by Crippen LogP contribution is 2.19. The number of aromatic nitrogens is 2. The number of benzene rings is 1. The minimum absolute atomic E-state index is 0.0491. The molecule has 0 aliphatic rings. The zero-order chi connectivity index (χ0) is 19.1. The van der Waals surface area contributed by atoms with Gasteiger partial charge in [-0.05, 0) is 36.8 Å². The average Bonchev–Trinajstić information content (AvgIpc) is 2.62. The van der Waals surface area contributed by atoms with E-state index < -0.39 is 5.91 Å². The smallest absolute Gasteiger partial charge is 0.272 e. The molecule has 9 heteroatoms. The van der Waals surface area contributed by atoms with E-state index >= 15 is 0 Å². The molecule has 0 bridgehead atoms. The molecule has 8 nitrogen and oxygen atoms in total. The van der Waals surface area contributed by atoms with Gasteiger partial charge in [-0.1, -0.05) is 15.9 Å². The molecule has 0 aliphatic heterocycles. The lowest BCUT2D eigenvalue weighted by molar-refractivity contribution is -0.115. The number of anilines is 1. The van der Waals surface area contributed by atoms with Gasteiger partial charge in [-0.3, -0.25) is 14.4 Å². The molecule has 1 heterocycles. The van der Waals surface area contributed by atoms with Crippen LogP contribution in [0.15, 0.2) is 39.6 Å². The monoisotopic (exact) mass is 422 g/mol. The molecule has 26 heavy (non-hydrogen) atoms. The number of nitrogens with zero attached hydrogens (tertiary/aromatic N) is 2. The summed E-state index contributed by atoms with van der Waals surface area (Å²) in [4.78, 5) is 35.8. The summed E-state index contributed by atoms with van der Waals surface area (Å²) >= 11 is 3.39. The van der Waals surface area contributed by atoms with Crippen molar-refractivity contribution in [3.05, 3.63) is 56.4 Å². The summed E-state index contributed by atoms with van der Waals surface area (Å²) in [6.07, 6.45) is 0. The normalized spacial score (nSPS) is 10.4. The number of amides is 2. The molecule has 2 rings (SSSR count). The van der Waals surface area contributed by atoms with E-state index in [9.17, 15) is 14.4 Å². The number of halogens is 1. The Balaban J connectivity index is 1.94. The van der Waals surface area contributed by atoms with Gasteiger partial charge in [0.25, 0.3) is 11.5 Å². The Morgan fingerprint density at radius 2 is 2.04 bits per heavy atom. The number of hydrogen-bond acceptors (Lipinski definition) is 5. The van der Waals surface area contributed by atoms with Crippen LogP contribution in [0.3, 0.4) is 0 Å². The highest BCUT2D eigenvalue weighted by Gasteiger charge is 2.11. The standard InChI is InChI=1S/C17H19BrN4O4/c1-11-9-12(3-4-13(11)18)20-15(23)10-19-17(25)14-5-6-16(24)22(21-14)7-8-26-2/h3-6,9H,7-8,10H2,1-2H3,(H,19,25)(H,20,23). The minimum Gasteiger partial charge on any atom is -0.383 e. The third-order valence-corrected chi connectivity index (χ3v) is 4.35. The first-order valence-corrected chi connectivity index (χ1v) is 8.61. The van der Waals surface area contributed by atoms with Gasteiger partial charge in [-0.15, -0.1) is 0 Å². The fourth-order valence-corrected chi connectivity index (χ4v) is 2.33. The molecule has 0 aliphatic carbocycles. The van der Waals surface area contributed by atoms with Gasteiger partial charge in [0, 0.05) is 23.3 Å². The Morgan fingerprint density at radius 3 is 2.73 bits per heavy atom. The lowest BCUT2D eigenvalue weighted by Crippen LogP contribution is -2.35. The molecule has 0 spiro atoms. The number of ether oxygens (including phenoxy) is 1. The topological polar surface area (TPSA) is 102 Å². The molecule has 1 aromatic heterocycles. The predicted octanol–water partition coefficient (Wildman–Crippen LogP) is 1.33. The Bertz CT molecular complexity index is 866. The van der Waals surface area contributed by atoms with Crippen molar-refractivity contribution < 1.29 is 14.3 Å². The first-order chi connectivity index (χ1) is 12.4. The first kappa shape index (κ1) is 19.8. The van der Waals surface area contributed by atoms with E-state index in [-0.39, 0.29) is 30.2 Å². The van der Waals surface area contributed by atoms with Crippen LogP contribution in [-0.4, -0.2) is 41.9 Å². The largest absolute Gasteiger partial charge is 0.383 e. The lowest BCUT2D eigenvalue weighted by atomic mass is 10.2. The van der Waals surface area contributed by atoms with Gasteiger partial charge in [-0.2, -0.15) is 5.10 Å². The maximum absolute atomic E-state index is 12.1. The van der Waals surface area contributed by atoms with Gasteiger partial charge in [0.15, 0.2) is 0 Å². The zero-order valence-corrected chi connectivity index (χ0v) is 16.0. The van der Waals surface area contributed by atoms with Gasteiger partial charge in [0.2, 0.25) is 5.91 Å². The molecule has 0 saturated heterocycles. The van der Waals surface area contributed by atoms with Crippen molar-refractivity contribution in [2.24, 2.45) is 0 Å². The molecule has 0 radical (unpaired) electrons. The third-order valence-electron chi connectivity index (χ3n) is 3.46. The van der Waals surface area contributed by atoms with Crippen molar-refractivity contribution in [2.45, 2.75) is 13.5 Å². The highest BCUT2D eigenvalue weighted by atomic mass is 79.9. The summed E-state index contributed by atoms with van der Waals surface area (Å²) < 4.78 is 6.98. The number of carbonyl (C=O) groups excluding carboxylic acids is 2. The fraction of sp³-hybridized carbons (Fsp3) is 0.294. The van der Waals surface area contributed by atoms with E-state index in [0.717, 1.165) is 14.7 Å². The van der Waals surface area contributed by atoms with Crippen LogP contribution < -0.4 is 16.2 Å². The molecule has 2 N–H and O–H groups in total. The van der Waals surface area contributed by atoms with E-state index in [1.54, 1.807) is 6.07 Å². The van der Waals surface area contributed by atoms with Crippen LogP contribution in [0.4, 0.5) is 5.69 Å². The number of nitrogens with one attached hydrogen (secondary N) is 2. The molecule has 2 aromatic rings. The molecule has 0 saturated carbocycles. The second kappa shape index (κ2) is 9.25. The van der Waals surface area contributed by atoms with Crippen LogP contribution in [0.1, 0.15) is 16.1 Å². The van der Waals surface area contributed by atoms with Gasteiger partial charge in [0.1, 0.15) is 5.69 Å². The quantitative estimate of drug-likeness (QED) is 0.700. The Labute approximate surface area is 158 Å². The first-order valence-electron chi connectivity index (χ1n) is 7.82. The SMILES string of the molecule is COCCn1nc(C(=O)NCC(=O)Nc2ccc(Br)c(C)c2)ccc1=O. The second-order valence-corrected chi connectivity index (χ2v) is 6.32. The molecule has 0 atom stereocenters. The van der Waals surface area contributed by atoms with Gasteiger partial charge in [0.05, 0.1) is 19.7 Å². The number of rotatable bonds is 7. The van der Waals surface area contributed by atoms with Crippen LogP contribution in [0.2, 0.25) is 0 Å². The maximum Gasteiger partial charge on any atom is 0.272 e. The molecule has 138 valence electrons. The van der Waals surface area contributed by atoms with Crippen molar-refractivity contribution in [1.29, 1.82) is 0 Å². The van der Waals surface area contributed by atoms with Crippen LogP contribution >= 0.6 is 15.9 Å². The summed E-state index contributed by atoms with van der Waals surface area (Å²) in [7, 11) is 1.51. The molecule has 1 aromatic carbocycles. The van der Waals surface area contributed by atoms with Crippen LogP contribution in [0.25, 0.3) is 0 Å². The average molecular weight is 423 g/mol. The van der Waals surface area contributed by atoms with Crippen molar-refractivity contribution in [1.82, 2.24) is 15.1 Å². The molecule has 0 unspecified atom stereocenters.